The van der Waals surface area contributed by atoms with E-state index in [2.05, 4.69) is 24.1 Å². The zero-order chi connectivity index (χ0) is 15.1. The van der Waals surface area contributed by atoms with Gasteiger partial charge >= 0.3 is 0 Å². The molecule has 122 valence electrons. The van der Waals surface area contributed by atoms with Gasteiger partial charge in [-0.1, -0.05) is 6.92 Å². The van der Waals surface area contributed by atoms with Gasteiger partial charge in [-0.3, -0.25) is 9.69 Å². The topological polar surface area (TPSA) is 44.8 Å². The van der Waals surface area contributed by atoms with Crippen LogP contribution >= 0.6 is 0 Å². The predicted molar refractivity (Wildman–Crippen MR) is 84.3 cm³/mol. The van der Waals surface area contributed by atoms with E-state index in [1.165, 1.54) is 19.3 Å². The van der Waals surface area contributed by atoms with E-state index in [-0.39, 0.29) is 5.91 Å². The number of carbonyl (C=O) groups is 1. The second-order valence-corrected chi connectivity index (χ2v) is 6.35. The maximum absolute atomic E-state index is 12.2. The predicted octanol–water partition coefficient (Wildman–Crippen LogP) is 0.945. The number of hydrogen-bond donors (Lipinski definition) is 1. The largest absolute Gasteiger partial charge is 0.378 e. The number of hydrogen-bond acceptors (Lipinski definition) is 4. The minimum atomic E-state index is 0.272. The van der Waals surface area contributed by atoms with Crippen molar-refractivity contribution in [1.82, 2.24) is 15.1 Å². The second kappa shape index (κ2) is 8.71. The monoisotopic (exact) mass is 297 g/mol. The Balaban J connectivity index is 1.67. The Kier molecular flexibility index (Phi) is 6.93. The zero-order valence-electron chi connectivity index (χ0n) is 13.6. The van der Waals surface area contributed by atoms with E-state index in [9.17, 15) is 4.79 Å². The molecule has 0 bridgehead atoms. The van der Waals surface area contributed by atoms with E-state index < -0.39 is 0 Å². The van der Waals surface area contributed by atoms with Crippen molar-refractivity contribution in [3.05, 3.63) is 0 Å². The number of piperidine rings is 1. The quantitative estimate of drug-likeness (QED) is 0.793. The van der Waals surface area contributed by atoms with E-state index in [1.54, 1.807) is 0 Å². The van der Waals surface area contributed by atoms with Crippen LogP contribution in [0.4, 0.5) is 0 Å². The molecule has 0 aromatic heterocycles. The van der Waals surface area contributed by atoms with Gasteiger partial charge < -0.3 is 15.0 Å². The van der Waals surface area contributed by atoms with Crippen molar-refractivity contribution in [3.63, 3.8) is 0 Å². The van der Waals surface area contributed by atoms with Crippen molar-refractivity contribution < 1.29 is 9.53 Å². The van der Waals surface area contributed by atoms with Crippen LogP contribution in [-0.2, 0) is 9.53 Å². The molecule has 2 heterocycles. The van der Waals surface area contributed by atoms with E-state index in [4.69, 9.17) is 4.74 Å². The lowest BCUT2D eigenvalue weighted by Gasteiger charge is -2.36. The lowest BCUT2D eigenvalue weighted by molar-refractivity contribution is -0.136. The summed E-state index contributed by atoms with van der Waals surface area (Å²) in [4.78, 5) is 16.5. The highest BCUT2D eigenvalue weighted by molar-refractivity contribution is 5.78. The summed E-state index contributed by atoms with van der Waals surface area (Å²) in [5, 5.41) is 3.60. The van der Waals surface area contributed by atoms with Crippen molar-refractivity contribution >= 4 is 5.91 Å². The molecule has 0 spiro atoms. The fourth-order valence-corrected chi connectivity index (χ4v) is 3.25. The van der Waals surface area contributed by atoms with Crippen LogP contribution in [0.3, 0.4) is 0 Å². The molecule has 5 heteroatoms. The fourth-order valence-electron chi connectivity index (χ4n) is 3.25. The standard InChI is InChI=1S/C16H31N3O2/c1-3-6-17-14(2)15-4-7-18(8-5-15)13-16(20)19-9-11-21-12-10-19/h14-15,17H,3-13H2,1-2H3. The molecular formula is C16H31N3O2. The van der Waals surface area contributed by atoms with Gasteiger partial charge in [0.15, 0.2) is 0 Å². The molecule has 1 atom stereocenters. The van der Waals surface area contributed by atoms with Crippen molar-refractivity contribution in [1.29, 1.82) is 0 Å². The summed E-state index contributed by atoms with van der Waals surface area (Å²) in [6.07, 6.45) is 3.60. The molecule has 1 N–H and O–H groups in total. The zero-order valence-corrected chi connectivity index (χ0v) is 13.6. The summed E-state index contributed by atoms with van der Waals surface area (Å²) in [6.45, 7) is 11.2. The smallest absolute Gasteiger partial charge is 0.236 e. The van der Waals surface area contributed by atoms with Crippen LogP contribution in [0.25, 0.3) is 0 Å². The Hall–Kier alpha value is -0.650. The van der Waals surface area contributed by atoms with Gasteiger partial charge in [0.1, 0.15) is 0 Å². The van der Waals surface area contributed by atoms with E-state index in [0.717, 1.165) is 38.6 Å². The third-order valence-corrected chi connectivity index (χ3v) is 4.78. The van der Waals surface area contributed by atoms with Gasteiger partial charge in [-0.15, -0.1) is 0 Å². The third-order valence-electron chi connectivity index (χ3n) is 4.78. The number of amides is 1. The number of likely N-dealkylation sites (tertiary alicyclic amines) is 1. The Morgan fingerprint density at radius 2 is 1.90 bits per heavy atom. The Morgan fingerprint density at radius 1 is 1.24 bits per heavy atom. The number of carbonyl (C=O) groups excluding carboxylic acids is 1. The number of morpholine rings is 1. The minimum Gasteiger partial charge on any atom is -0.378 e. The molecule has 0 aromatic rings. The SMILES string of the molecule is CCCNC(C)C1CCN(CC(=O)N2CCOCC2)CC1. The summed E-state index contributed by atoms with van der Waals surface area (Å²) < 4.78 is 5.30. The first-order valence-corrected chi connectivity index (χ1v) is 8.52. The minimum absolute atomic E-state index is 0.272. The number of nitrogens with zero attached hydrogens (tertiary/aromatic N) is 2. The molecule has 1 unspecified atom stereocenters. The van der Waals surface area contributed by atoms with Crippen LogP contribution in [0.2, 0.25) is 0 Å². The molecule has 2 rings (SSSR count). The lowest BCUT2D eigenvalue weighted by Crippen LogP contribution is -2.48. The van der Waals surface area contributed by atoms with Gasteiger partial charge in [0.25, 0.3) is 0 Å². The molecule has 0 radical (unpaired) electrons. The van der Waals surface area contributed by atoms with Crippen molar-refractivity contribution in [2.75, 3.05) is 52.5 Å². The van der Waals surface area contributed by atoms with Gasteiger partial charge in [-0.2, -0.15) is 0 Å². The molecule has 2 saturated heterocycles. The molecular weight excluding hydrogens is 266 g/mol. The Labute approximate surface area is 129 Å². The molecule has 5 nitrogen and oxygen atoms in total. The van der Waals surface area contributed by atoms with Crippen molar-refractivity contribution in [2.45, 2.75) is 39.2 Å². The van der Waals surface area contributed by atoms with Gasteiger partial charge in [0.2, 0.25) is 5.91 Å². The van der Waals surface area contributed by atoms with Crippen LogP contribution in [0, 0.1) is 5.92 Å². The molecule has 2 aliphatic rings. The molecule has 0 saturated carbocycles. The Morgan fingerprint density at radius 3 is 2.52 bits per heavy atom. The van der Waals surface area contributed by atoms with E-state index in [1.807, 2.05) is 4.90 Å². The van der Waals surface area contributed by atoms with Crippen LogP contribution < -0.4 is 5.32 Å². The molecule has 2 fully saturated rings. The number of rotatable bonds is 6. The molecule has 0 aromatic carbocycles. The van der Waals surface area contributed by atoms with Crippen LogP contribution in [0.1, 0.15) is 33.1 Å². The van der Waals surface area contributed by atoms with Gasteiger partial charge in [-0.25, -0.2) is 0 Å². The van der Waals surface area contributed by atoms with E-state index >= 15 is 0 Å². The summed E-state index contributed by atoms with van der Waals surface area (Å²) in [7, 11) is 0. The first kappa shape index (κ1) is 16.7. The highest BCUT2D eigenvalue weighted by Crippen LogP contribution is 2.20. The average Bonchev–Trinajstić information content (AvgIpc) is 2.54. The van der Waals surface area contributed by atoms with Gasteiger partial charge in [-0.05, 0) is 51.7 Å². The van der Waals surface area contributed by atoms with Gasteiger partial charge in [0, 0.05) is 19.1 Å². The normalized spacial score (nSPS) is 23.2. The Bertz CT molecular complexity index is 311. The summed E-state index contributed by atoms with van der Waals surface area (Å²) in [5.74, 6) is 1.03. The second-order valence-electron chi connectivity index (χ2n) is 6.35. The summed E-state index contributed by atoms with van der Waals surface area (Å²) in [5.41, 5.74) is 0. The molecule has 21 heavy (non-hydrogen) atoms. The van der Waals surface area contributed by atoms with Crippen molar-refractivity contribution in [3.8, 4) is 0 Å². The lowest BCUT2D eigenvalue weighted by atomic mass is 9.90. The maximum Gasteiger partial charge on any atom is 0.236 e. The first-order chi connectivity index (χ1) is 10.2. The van der Waals surface area contributed by atoms with Crippen LogP contribution in [0.15, 0.2) is 0 Å². The van der Waals surface area contributed by atoms with E-state index in [0.29, 0.717) is 25.8 Å². The third kappa shape index (κ3) is 5.24. The maximum atomic E-state index is 12.2. The average molecular weight is 297 g/mol. The van der Waals surface area contributed by atoms with Crippen molar-refractivity contribution in [2.24, 2.45) is 5.92 Å². The van der Waals surface area contributed by atoms with Crippen LogP contribution in [-0.4, -0.2) is 74.2 Å². The number of nitrogens with one attached hydrogen (secondary N) is 1. The molecule has 0 aliphatic carbocycles. The highest BCUT2D eigenvalue weighted by Gasteiger charge is 2.26. The van der Waals surface area contributed by atoms with Gasteiger partial charge in [0.05, 0.1) is 19.8 Å². The summed E-state index contributed by atoms with van der Waals surface area (Å²) in [6, 6.07) is 0.599. The molecule has 1 amide bonds. The fraction of sp³-hybridized carbons (Fsp3) is 0.938. The summed E-state index contributed by atoms with van der Waals surface area (Å²) >= 11 is 0. The highest BCUT2D eigenvalue weighted by atomic mass is 16.5. The van der Waals surface area contributed by atoms with Crippen LogP contribution in [0.5, 0.6) is 0 Å². The molecule has 2 aliphatic heterocycles. The first-order valence-electron chi connectivity index (χ1n) is 8.52. The number of ether oxygens (including phenoxy) is 1.